The Morgan fingerprint density at radius 1 is 1.05 bits per heavy atom. The summed E-state index contributed by atoms with van der Waals surface area (Å²) >= 11 is 0. The lowest BCUT2D eigenvalue weighted by atomic mass is 9.60. The van der Waals surface area contributed by atoms with Crippen molar-refractivity contribution in [3.63, 3.8) is 0 Å². The van der Waals surface area contributed by atoms with Crippen molar-refractivity contribution in [2.45, 2.75) is 72.0 Å². The van der Waals surface area contributed by atoms with Crippen LogP contribution in [0.4, 0.5) is 0 Å². The first-order valence-electron chi connectivity index (χ1n) is 13.2. The molecule has 0 N–H and O–H groups in total. The maximum absolute atomic E-state index is 13.9. The van der Waals surface area contributed by atoms with Crippen molar-refractivity contribution in [3.05, 3.63) is 59.2 Å². The summed E-state index contributed by atoms with van der Waals surface area (Å²) in [6, 6.07) is 14.0. The summed E-state index contributed by atoms with van der Waals surface area (Å²) in [5.41, 5.74) is 2.36. The minimum atomic E-state index is -0.623. The Morgan fingerprint density at radius 2 is 1.68 bits per heavy atom. The Kier molecular flexibility index (Phi) is 10.3. The highest BCUT2D eigenvalue weighted by Gasteiger charge is 2.50. The van der Waals surface area contributed by atoms with E-state index in [1.54, 1.807) is 21.1 Å². The lowest BCUT2D eigenvalue weighted by Crippen LogP contribution is -2.49. The molecule has 0 bridgehead atoms. The van der Waals surface area contributed by atoms with Gasteiger partial charge in [0.15, 0.2) is 0 Å². The number of rotatable bonds is 15. The molecule has 37 heavy (non-hydrogen) atoms. The molecule has 1 aliphatic carbocycles. The van der Waals surface area contributed by atoms with Crippen molar-refractivity contribution in [2.75, 3.05) is 27.4 Å². The van der Waals surface area contributed by atoms with Crippen molar-refractivity contribution < 1.29 is 28.5 Å². The summed E-state index contributed by atoms with van der Waals surface area (Å²) in [4.78, 5) is 26.5. The first-order chi connectivity index (χ1) is 17.7. The fourth-order valence-corrected chi connectivity index (χ4v) is 5.45. The number of ketones is 2. The molecule has 1 aliphatic rings. The molecule has 0 aromatic heterocycles. The molecule has 6 heteroatoms. The largest absolute Gasteiger partial charge is 0.496 e. The van der Waals surface area contributed by atoms with Gasteiger partial charge in [-0.3, -0.25) is 9.59 Å². The minimum absolute atomic E-state index is 0.0531. The average molecular weight is 511 g/mol. The van der Waals surface area contributed by atoms with Gasteiger partial charge in [0, 0.05) is 36.5 Å². The molecule has 0 amide bonds. The van der Waals surface area contributed by atoms with Crippen LogP contribution in [-0.4, -0.2) is 45.1 Å². The monoisotopic (exact) mass is 510 g/mol. The SMILES string of the molecule is CCOC1CC(CC(=O)C(CCOCc2ccccc2)[C@H](C)c2cc(OC)c(C)c(OC)c2)(C(C)=O)C1. The van der Waals surface area contributed by atoms with E-state index in [1.165, 1.54) is 0 Å². The van der Waals surface area contributed by atoms with Crippen LogP contribution in [0.5, 0.6) is 11.5 Å². The number of Topliss-reactive ketones (excluding diaryl/α,β-unsaturated/α-hetero) is 2. The number of hydrogen-bond donors (Lipinski definition) is 0. The summed E-state index contributed by atoms with van der Waals surface area (Å²) in [5, 5.41) is 0. The van der Waals surface area contributed by atoms with E-state index in [1.807, 2.05) is 56.3 Å². The molecule has 0 spiro atoms. The molecule has 202 valence electrons. The molecule has 0 heterocycles. The van der Waals surface area contributed by atoms with Gasteiger partial charge in [0.25, 0.3) is 0 Å². The zero-order chi connectivity index (χ0) is 27.0. The zero-order valence-electron chi connectivity index (χ0n) is 23.2. The molecule has 1 saturated carbocycles. The molecule has 1 fully saturated rings. The highest BCUT2D eigenvalue weighted by atomic mass is 16.5. The van der Waals surface area contributed by atoms with E-state index in [9.17, 15) is 9.59 Å². The van der Waals surface area contributed by atoms with E-state index in [0.717, 1.165) is 28.2 Å². The van der Waals surface area contributed by atoms with Crippen LogP contribution < -0.4 is 9.47 Å². The molecule has 0 saturated heterocycles. The first kappa shape index (κ1) is 28.9. The third kappa shape index (κ3) is 6.99. The summed E-state index contributed by atoms with van der Waals surface area (Å²) in [6.07, 6.45) is 2.07. The third-order valence-electron chi connectivity index (χ3n) is 7.90. The van der Waals surface area contributed by atoms with Gasteiger partial charge in [0.2, 0.25) is 0 Å². The Hall–Kier alpha value is -2.70. The Labute approximate surface area is 221 Å². The van der Waals surface area contributed by atoms with Gasteiger partial charge < -0.3 is 18.9 Å². The average Bonchev–Trinajstić information content (AvgIpc) is 2.87. The van der Waals surface area contributed by atoms with E-state index in [-0.39, 0.29) is 35.9 Å². The summed E-state index contributed by atoms with van der Waals surface area (Å²) in [6.45, 7) is 9.13. The molecule has 0 radical (unpaired) electrons. The summed E-state index contributed by atoms with van der Waals surface area (Å²) in [5.74, 6) is 1.21. The van der Waals surface area contributed by atoms with E-state index in [0.29, 0.717) is 39.1 Å². The second-order valence-electron chi connectivity index (χ2n) is 10.2. The number of benzene rings is 2. The van der Waals surface area contributed by atoms with Gasteiger partial charge in [-0.2, -0.15) is 0 Å². The second kappa shape index (κ2) is 13.2. The van der Waals surface area contributed by atoms with Gasteiger partial charge in [0.1, 0.15) is 23.1 Å². The van der Waals surface area contributed by atoms with E-state index < -0.39 is 5.41 Å². The molecule has 3 rings (SSSR count). The molecule has 0 aliphatic heterocycles. The van der Waals surface area contributed by atoms with Crippen LogP contribution in [0.1, 0.15) is 69.1 Å². The molecule has 2 aromatic rings. The Bertz CT molecular complexity index is 1020. The number of carbonyl (C=O) groups is 2. The molecule has 1 unspecified atom stereocenters. The van der Waals surface area contributed by atoms with Crippen LogP contribution in [0.2, 0.25) is 0 Å². The number of ether oxygens (including phenoxy) is 4. The third-order valence-corrected chi connectivity index (χ3v) is 7.90. The van der Waals surface area contributed by atoms with Crippen LogP contribution >= 0.6 is 0 Å². The van der Waals surface area contributed by atoms with Gasteiger partial charge in [-0.25, -0.2) is 0 Å². The van der Waals surface area contributed by atoms with Gasteiger partial charge in [-0.05, 0) is 69.2 Å². The molecular formula is C31H42O6. The van der Waals surface area contributed by atoms with Crippen LogP contribution in [0.25, 0.3) is 0 Å². The van der Waals surface area contributed by atoms with Gasteiger partial charge in [0.05, 0.1) is 26.9 Å². The Balaban J connectivity index is 1.80. The summed E-state index contributed by atoms with van der Waals surface area (Å²) in [7, 11) is 3.27. The fourth-order valence-electron chi connectivity index (χ4n) is 5.45. The maximum atomic E-state index is 13.9. The summed E-state index contributed by atoms with van der Waals surface area (Å²) < 4.78 is 22.9. The molecular weight excluding hydrogens is 468 g/mol. The zero-order valence-corrected chi connectivity index (χ0v) is 23.2. The predicted molar refractivity (Wildman–Crippen MR) is 144 cm³/mol. The normalized spacial score (nSPS) is 20.5. The fraction of sp³-hybridized carbons (Fsp3) is 0.548. The number of carbonyl (C=O) groups excluding carboxylic acids is 2. The highest BCUT2D eigenvalue weighted by molar-refractivity contribution is 5.92. The van der Waals surface area contributed by atoms with Crippen molar-refractivity contribution in [2.24, 2.45) is 11.3 Å². The van der Waals surface area contributed by atoms with E-state index in [2.05, 4.69) is 6.92 Å². The van der Waals surface area contributed by atoms with Gasteiger partial charge in [-0.1, -0.05) is 37.3 Å². The molecule has 2 atom stereocenters. The smallest absolute Gasteiger partial charge is 0.137 e. The van der Waals surface area contributed by atoms with Crippen LogP contribution in [-0.2, 0) is 25.7 Å². The van der Waals surface area contributed by atoms with E-state index in [4.69, 9.17) is 18.9 Å². The van der Waals surface area contributed by atoms with Crippen LogP contribution in [0.15, 0.2) is 42.5 Å². The number of methoxy groups -OCH3 is 2. The topological polar surface area (TPSA) is 71.1 Å². The van der Waals surface area contributed by atoms with Crippen molar-refractivity contribution in [1.82, 2.24) is 0 Å². The van der Waals surface area contributed by atoms with Crippen LogP contribution in [0, 0.1) is 18.3 Å². The van der Waals surface area contributed by atoms with Crippen molar-refractivity contribution >= 4 is 11.6 Å². The van der Waals surface area contributed by atoms with Crippen molar-refractivity contribution in [3.8, 4) is 11.5 Å². The highest BCUT2D eigenvalue weighted by Crippen LogP contribution is 2.48. The first-order valence-corrected chi connectivity index (χ1v) is 13.2. The molecule has 2 aromatic carbocycles. The van der Waals surface area contributed by atoms with Gasteiger partial charge in [-0.15, -0.1) is 0 Å². The Morgan fingerprint density at radius 3 is 2.22 bits per heavy atom. The predicted octanol–water partition coefficient (Wildman–Crippen LogP) is 6.07. The lowest BCUT2D eigenvalue weighted by Gasteiger charge is -2.46. The second-order valence-corrected chi connectivity index (χ2v) is 10.2. The van der Waals surface area contributed by atoms with Crippen molar-refractivity contribution in [1.29, 1.82) is 0 Å². The quantitative estimate of drug-likeness (QED) is 0.271. The van der Waals surface area contributed by atoms with Gasteiger partial charge >= 0.3 is 0 Å². The van der Waals surface area contributed by atoms with E-state index >= 15 is 0 Å². The molecule has 6 nitrogen and oxygen atoms in total. The number of hydrogen-bond acceptors (Lipinski definition) is 6. The standard InChI is InChI=1S/C31H42O6/c1-7-37-26-17-31(18-26,23(4)32)19-28(33)27(13-14-36-20-24-11-9-8-10-12-24)21(2)25-15-29(34-5)22(3)30(16-25)35-6/h8-12,15-16,21,26-27H,7,13-14,17-20H2,1-6H3/t21-,26?,27?,31?/m1/s1. The minimum Gasteiger partial charge on any atom is -0.496 e. The van der Waals surface area contributed by atoms with Crippen LogP contribution in [0.3, 0.4) is 0 Å². The maximum Gasteiger partial charge on any atom is 0.137 e. The lowest BCUT2D eigenvalue weighted by molar-refractivity contribution is -0.151.